The summed E-state index contributed by atoms with van der Waals surface area (Å²) in [5, 5.41) is 0. The first-order valence-corrected chi connectivity index (χ1v) is 8.55. The molecule has 120 valence electrons. The van der Waals surface area contributed by atoms with E-state index in [1.807, 2.05) is 35.2 Å². The van der Waals surface area contributed by atoms with Crippen LogP contribution in [0.5, 0.6) is 0 Å². The average Bonchev–Trinajstić information content (AvgIpc) is 3.08. The van der Waals surface area contributed by atoms with Gasteiger partial charge in [-0.15, -0.1) is 0 Å². The van der Waals surface area contributed by atoms with Gasteiger partial charge in [-0.3, -0.25) is 4.79 Å². The topological polar surface area (TPSA) is 49.6 Å². The summed E-state index contributed by atoms with van der Waals surface area (Å²) in [6.45, 7) is 5.46. The van der Waals surface area contributed by atoms with E-state index in [2.05, 4.69) is 4.90 Å². The molecular formula is C18H27N3O. The summed E-state index contributed by atoms with van der Waals surface area (Å²) in [4.78, 5) is 17.1. The van der Waals surface area contributed by atoms with Gasteiger partial charge >= 0.3 is 0 Å². The zero-order chi connectivity index (χ0) is 15.4. The molecule has 2 saturated heterocycles. The van der Waals surface area contributed by atoms with Crippen LogP contribution in [0, 0.1) is 5.92 Å². The minimum absolute atomic E-state index is 0.0748. The molecule has 2 fully saturated rings. The summed E-state index contributed by atoms with van der Waals surface area (Å²) in [5.74, 6) is 0.820. The van der Waals surface area contributed by atoms with Gasteiger partial charge in [0.05, 0.1) is 0 Å². The Kier molecular flexibility index (Phi) is 5.11. The Morgan fingerprint density at radius 1 is 1.09 bits per heavy atom. The molecule has 0 spiro atoms. The van der Waals surface area contributed by atoms with Crippen molar-refractivity contribution in [3.05, 3.63) is 35.9 Å². The van der Waals surface area contributed by atoms with Crippen molar-refractivity contribution in [1.29, 1.82) is 0 Å². The average molecular weight is 301 g/mol. The van der Waals surface area contributed by atoms with E-state index >= 15 is 0 Å². The number of benzene rings is 1. The molecule has 0 saturated carbocycles. The molecule has 4 heteroatoms. The van der Waals surface area contributed by atoms with E-state index in [-0.39, 0.29) is 5.91 Å². The summed E-state index contributed by atoms with van der Waals surface area (Å²) >= 11 is 0. The quantitative estimate of drug-likeness (QED) is 0.925. The molecule has 0 aromatic heterocycles. The van der Waals surface area contributed by atoms with Gasteiger partial charge in [-0.2, -0.15) is 0 Å². The Labute approximate surface area is 133 Å². The lowest BCUT2D eigenvalue weighted by Gasteiger charge is -2.35. The van der Waals surface area contributed by atoms with Gasteiger partial charge in [0, 0.05) is 19.6 Å². The highest BCUT2D eigenvalue weighted by molar-refractivity contribution is 5.83. The largest absolute Gasteiger partial charge is 0.341 e. The van der Waals surface area contributed by atoms with Crippen LogP contribution in [0.25, 0.3) is 0 Å². The van der Waals surface area contributed by atoms with E-state index in [4.69, 9.17) is 5.73 Å². The van der Waals surface area contributed by atoms with Crippen LogP contribution < -0.4 is 5.73 Å². The van der Waals surface area contributed by atoms with Gasteiger partial charge in [0.2, 0.25) is 5.91 Å². The van der Waals surface area contributed by atoms with Crippen molar-refractivity contribution in [3.8, 4) is 0 Å². The Morgan fingerprint density at radius 2 is 1.73 bits per heavy atom. The van der Waals surface area contributed by atoms with Crippen LogP contribution in [0.4, 0.5) is 0 Å². The lowest BCUT2D eigenvalue weighted by atomic mass is 9.95. The monoisotopic (exact) mass is 301 g/mol. The molecule has 1 aromatic carbocycles. The number of rotatable bonds is 4. The molecule has 1 unspecified atom stereocenters. The number of nitrogens with zero attached hydrogens (tertiary/aromatic N) is 2. The first-order chi connectivity index (χ1) is 10.7. The van der Waals surface area contributed by atoms with Crippen LogP contribution in [0.3, 0.4) is 0 Å². The number of likely N-dealkylation sites (tertiary alicyclic amines) is 2. The number of amides is 1. The first kappa shape index (κ1) is 15.5. The van der Waals surface area contributed by atoms with E-state index < -0.39 is 6.04 Å². The maximum Gasteiger partial charge on any atom is 0.244 e. The Bertz CT molecular complexity index is 476. The van der Waals surface area contributed by atoms with Gasteiger partial charge in [-0.05, 0) is 50.3 Å². The summed E-state index contributed by atoms with van der Waals surface area (Å²) in [6.07, 6.45) is 4.93. The molecule has 0 radical (unpaired) electrons. The van der Waals surface area contributed by atoms with Gasteiger partial charge < -0.3 is 15.5 Å². The standard InChI is InChI=1S/C18H27N3O/c19-17(16-6-2-1-3-7-16)18(22)21-12-8-15(9-13-21)14-20-10-4-5-11-20/h1-3,6-7,15,17H,4-5,8-14,19H2. The second-order valence-electron chi connectivity index (χ2n) is 6.66. The molecule has 2 heterocycles. The van der Waals surface area contributed by atoms with Crippen molar-refractivity contribution >= 4 is 5.91 Å². The van der Waals surface area contributed by atoms with Crippen molar-refractivity contribution in [2.45, 2.75) is 31.7 Å². The maximum absolute atomic E-state index is 12.5. The maximum atomic E-state index is 12.5. The normalized spacial score (nSPS) is 22.0. The van der Waals surface area contributed by atoms with E-state index in [1.165, 1.54) is 32.5 Å². The highest BCUT2D eigenvalue weighted by Gasteiger charge is 2.28. The molecule has 1 atom stereocenters. The third kappa shape index (κ3) is 3.68. The van der Waals surface area contributed by atoms with Crippen LogP contribution in [-0.4, -0.2) is 48.4 Å². The lowest BCUT2D eigenvalue weighted by molar-refractivity contribution is -0.134. The fourth-order valence-corrected chi connectivity index (χ4v) is 3.67. The third-order valence-corrected chi connectivity index (χ3v) is 5.07. The molecule has 2 N–H and O–H groups in total. The summed E-state index contributed by atoms with van der Waals surface area (Å²) in [5.41, 5.74) is 7.05. The zero-order valence-corrected chi connectivity index (χ0v) is 13.3. The van der Waals surface area contributed by atoms with Crippen LogP contribution >= 0.6 is 0 Å². The van der Waals surface area contributed by atoms with Crippen molar-refractivity contribution in [1.82, 2.24) is 9.80 Å². The highest BCUT2D eigenvalue weighted by Crippen LogP contribution is 2.23. The van der Waals surface area contributed by atoms with Gasteiger partial charge in [0.15, 0.2) is 0 Å². The fraction of sp³-hybridized carbons (Fsp3) is 0.611. The number of piperidine rings is 1. The SMILES string of the molecule is NC(C(=O)N1CCC(CN2CCCC2)CC1)c1ccccc1. The molecule has 1 aromatic rings. The number of hydrogen-bond donors (Lipinski definition) is 1. The molecular weight excluding hydrogens is 274 g/mol. The first-order valence-electron chi connectivity index (χ1n) is 8.55. The van der Waals surface area contributed by atoms with Crippen LogP contribution in [-0.2, 0) is 4.79 Å². The van der Waals surface area contributed by atoms with Crippen molar-refractivity contribution in [2.75, 3.05) is 32.7 Å². The highest BCUT2D eigenvalue weighted by atomic mass is 16.2. The lowest BCUT2D eigenvalue weighted by Crippen LogP contribution is -2.44. The zero-order valence-electron chi connectivity index (χ0n) is 13.3. The fourth-order valence-electron chi connectivity index (χ4n) is 3.67. The predicted molar refractivity (Wildman–Crippen MR) is 88.3 cm³/mol. The second-order valence-corrected chi connectivity index (χ2v) is 6.66. The van der Waals surface area contributed by atoms with Gasteiger partial charge in [0.1, 0.15) is 6.04 Å². The second kappa shape index (κ2) is 7.25. The van der Waals surface area contributed by atoms with Crippen molar-refractivity contribution in [3.63, 3.8) is 0 Å². The molecule has 2 aliphatic heterocycles. The number of hydrogen-bond acceptors (Lipinski definition) is 3. The third-order valence-electron chi connectivity index (χ3n) is 5.07. The molecule has 22 heavy (non-hydrogen) atoms. The summed E-state index contributed by atoms with van der Waals surface area (Å²) < 4.78 is 0. The molecule has 0 aliphatic carbocycles. The number of nitrogens with two attached hydrogens (primary N) is 1. The van der Waals surface area contributed by atoms with Crippen molar-refractivity contribution < 1.29 is 4.79 Å². The summed E-state index contributed by atoms with van der Waals surface area (Å²) in [7, 11) is 0. The smallest absolute Gasteiger partial charge is 0.244 e. The molecule has 4 nitrogen and oxygen atoms in total. The number of carbonyl (C=O) groups is 1. The molecule has 0 bridgehead atoms. The van der Waals surface area contributed by atoms with Gasteiger partial charge in [0.25, 0.3) is 0 Å². The van der Waals surface area contributed by atoms with Crippen LogP contribution in [0.15, 0.2) is 30.3 Å². The van der Waals surface area contributed by atoms with Crippen molar-refractivity contribution in [2.24, 2.45) is 11.7 Å². The minimum Gasteiger partial charge on any atom is -0.341 e. The van der Waals surface area contributed by atoms with Gasteiger partial charge in [-0.25, -0.2) is 0 Å². The van der Waals surface area contributed by atoms with E-state index in [9.17, 15) is 4.79 Å². The van der Waals surface area contributed by atoms with E-state index in [0.29, 0.717) is 0 Å². The predicted octanol–water partition coefficient (Wildman–Crippen LogP) is 2.02. The number of carbonyl (C=O) groups excluding carboxylic acids is 1. The Morgan fingerprint density at radius 3 is 2.36 bits per heavy atom. The molecule has 3 rings (SSSR count). The summed E-state index contributed by atoms with van der Waals surface area (Å²) in [6, 6.07) is 9.17. The van der Waals surface area contributed by atoms with Gasteiger partial charge in [-0.1, -0.05) is 30.3 Å². The molecule has 1 amide bonds. The van der Waals surface area contributed by atoms with E-state index in [0.717, 1.165) is 37.4 Å². The Hall–Kier alpha value is -1.39. The minimum atomic E-state index is -0.517. The van der Waals surface area contributed by atoms with Crippen LogP contribution in [0.1, 0.15) is 37.3 Å². The van der Waals surface area contributed by atoms with Crippen LogP contribution in [0.2, 0.25) is 0 Å². The Balaban J connectivity index is 1.49. The molecule has 2 aliphatic rings. The van der Waals surface area contributed by atoms with E-state index in [1.54, 1.807) is 0 Å².